The van der Waals surface area contributed by atoms with Crippen LogP contribution in [0.2, 0.25) is 0 Å². The van der Waals surface area contributed by atoms with Crippen molar-refractivity contribution in [2.75, 3.05) is 15.9 Å². The van der Waals surface area contributed by atoms with Crippen molar-refractivity contribution in [3.05, 3.63) is 59.9 Å². The Morgan fingerprint density at radius 2 is 1.67 bits per heavy atom. The van der Waals surface area contributed by atoms with E-state index in [9.17, 15) is 22.4 Å². The predicted molar refractivity (Wildman–Crippen MR) is 115 cm³/mol. The van der Waals surface area contributed by atoms with Gasteiger partial charge in [0.1, 0.15) is 11.9 Å². The number of hydrogen-bond acceptors (Lipinski definition) is 4. The van der Waals surface area contributed by atoms with Crippen LogP contribution in [0.3, 0.4) is 0 Å². The summed E-state index contributed by atoms with van der Waals surface area (Å²) in [6.45, 7) is 5.23. The number of anilines is 2. The maximum atomic E-state index is 13.2. The molecule has 9 heteroatoms. The van der Waals surface area contributed by atoms with Gasteiger partial charge in [-0.1, -0.05) is 19.1 Å². The van der Waals surface area contributed by atoms with Gasteiger partial charge in [0, 0.05) is 6.04 Å². The van der Waals surface area contributed by atoms with Gasteiger partial charge in [-0.05, 0) is 56.7 Å². The summed E-state index contributed by atoms with van der Waals surface area (Å²) in [6.07, 6.45) is 1.71. The number of sulfonamides is 1. The van der Waals surface area contributed by atoms with Crippen LogP contribution in [-0.2, 0) is 14.8 Å². The predicted octanol–water partition coefficient (Wildman–Crippen LogP) is 3.15. The van der Waals surface area contributed by atoms with Gasteiger partial charge in [0.2, 0.25) is 15.9 Å². The number of halogens is 1. The lowest BCUT2D eigenvalue weighted by Crippen LogP contribution is -2.45. The standard InChI is InChI=1S/C21H26FN3O4S/c1-5-14(2)23-21(27)18-8-6-7-9-19(18)24-20(26)15(3)25(30(4,28)29)17-12-10-16(22)11-13-17/h6-15H,5H2,1-4H3,(H,23,27)(H,24,26). The Morgan fingerprint density at radius 3 is 2.23 bits per heavy atom. The highest BCUT2D eigenvalue weighted by molar-refractivity contribution is 7.92. The molecule has 2 atom stereocenters. The minimum Gasteiger partial charge on any atom is -0.350 e. The molecule has 0 aliphatic heterocycles. The molecular formula is C21H26FN3O4S. The topological polar surface area (TPSA) is 95.6 Å². The molecule has 2 rings (SSSR count). The van der Waals surface area contributed by atoms with E-state index in [1.54, 1.807) is 24.3 Å². The van der Waals surface area contributed by atoms with Crippen molar-refractivity contribution in [1.82, 2.24) is 5.32 Å². The molecule has 2 unspecified atom stereocenters. The average Bonchev–Trinajstić information content (AvgIpc) is 2.68. The third-order valence-corrected chi connectivity index (χ3v) is 5.83. The van der Waals surface area contributed by atoms with Crippen molar-refractivity contribution in [1.29, 1.82) is 0 Å². The van der Waals surface area contributed by atoms with Crippen molar-refractivity contribution in [3.8, 4) is 0 Å². The van der Waals surface area contributed by atoms with Crippen molar-refractivity contribution >= 4 is 33.2 Å². The molecule has 0 spiro atoms. The Kier molecular flexibility index (Phi) is 7.55. The smallest absolute Gasteiger partial charge is 0.253 e. The SMILES string of the molecule is CCC(C)NC(=O)c1ccccc1NC(=O)C(C)N(c1ccc(F)cc1)S(C)(=O)=O. The molecule has 162 valence electrons. The first kappa shape index (κ1) is 23.3. The Balaban J connectivity index is 2.30. The molecule has 0 bridgehead atoms. The third-order valence-electron chi connectivity index (χ3n) is 4.59. The molecule has 7 nitrogen and oxygen atoms in total. The number of hydrogen-bond donors (Lipinski definition) is 2. The first-order valence-corrected chi connectivity index (χ1v) is 11.3. The van der Waals surface area contributed by atoms with E-state index in [1.165, 1.54) is 19.1 Å². The zero-order valence-corrected chi connectivity index (χ0v) is 18.2. The number of benzene rings is 2. The second-order valence-corrected chi connectivity index (χ2v) is 8.89. The minimum atomic E-state index is -3.84. The fourth-order valence-electron chi connectivity index (χ4n) is 2.83. The fourth-order valence-corrected chi connectivity index (χ4v) is 4.00. The molecule has 30 heavy (non-hydrogen) atoms. The van der Waals surface area contributed by atoms with Gasteiger partial charge in [0.05, 0.1) is 23.2 Å². The number of rotatable bonds is 8. The molecule has 2 amide bonds. The summed E-state index contributed by atoms with van der Waals surface area (Å²) in [6, 6.07) is 10.1. The molecule has 0 aliphatic rings. The van der Waals surface area contributed by atoms with Crippen molar-refractivity contribution in [2.45, 2.75) is 39.3 Å². The molecule has 0 saturated carbocycles. The van der Waals surface area contributed by atoms with Crippen LogP contribution in [0.4, 0.5) is 15.8 Å². The molecule has 2 aromatic carbocycles. The lowest BCUT2D eigenvalue weighted by Gasteiger charge is -2.28. The zero-order chi connectivity index (χ0) is 22.5. The normalized spacial score (nSPS) is 13.2. The molecule has 0 heterocycles. The number of carbonyl (C=O) groups excluding carboxylic acids is 2. The number of amides is 2. The molecule has 0 saturated heterocycles. The van der Waals surface area contributed by atoms with Crippen molar-refractivity contribution in [3.63, 3.8) is 0 Å². The first-order chi connectivity index (χ1) is 14.0. The van der Waals surface area contributed by atoms with Crippen LogP contribution in [0.5, 0.6) is 0 Å². The monoisotopic (exact) mass is 435 g/mol. The van der Waals surface area contributed by atoms with E-state index in [0.29, 0.717) is 0 Å². The van der Waals surface area contributed by atoms with Gasteiger partial charge in [-0.3, -0.25) is 13.9 Å². The number of carbonyl (C=O) groups is 2. The molecule has 0 radical (unpaired) electrons. The fraction of sp³-hybridized carbons (Fsp3) is 0.333. The van der Waals surface area contributed by atoms with Crippen molar-refractivity contribution < 1.29 is 22.4 Å². The molecule has 0 fully saturated rings. The molecular weight excluding hydrogens is 409 g/mol. The van der Waals surface area contributed by atoms with Crippen LogP contribution in [0, 0.1) is 5.82 Å². The van der Waals surface area contributed by atoms with Crippen LogP contribution >= 0.6 is 0 Å². The summed E-state index contributed by atoms with van der Waals surface area (Å²) in [4.78, 5) is 25.4. The Hall–Kier alpha value is -2.94. The first-order valence-electron chi connectivity index (χ1n) is 9.50. The van der Waals surface area contributed by atoms with Crippen LogP contribution in [0.15, 0.2) is 48.5 Å². The van der Waals surface area contributed by atoms with E-state index < -0.39 is 27.8 Å². The zero-order valence-electron chi connectivity index (χ0n) is 17.3. The molecule has 0 aromatic heterocycles. The Labute approximate surface area is 176 Å². The lowest BCUT2D eigenvalue weighted by molar-refractivity contribution is -0.116. The highest BCUT2D eigenvalue weighted by Gasteiger charge is 2.30. The number of nitrogens with one attached hydrogen (secondary N) is 2. The summed E-state index contributed by atoms with van der Waals surface area (Å²) in [5.41, 5.74) is 0.693. The van der Waals surface area contributed by atoms with Crippen LogP contribution in [-0.4, -0.2) is 38.6 Å². The summed E-state index contributed by atoms with van der Waals surface area (Å²) in [7, 11) is -3.84. The maximum absolute atomic E-state index is 13.2. The van der Waals surface area contributed by atoms with Gasteiger partial charge in [-0.2, -0.15) is 0 Å². The Morgan fingerprint density at radius 1 is 1.07 bits per heavy atom. The summed E-state index contributed by atoms with van der Waals surface area (Å²) < 4.78 is 38.8. The van der Waals surface area contributed by atoms with Gasteiger partial charge >= 0.3 is 0 Å². The molecule has 2 aromatic rings. The quantitative estimate of drug-likeness (QED) is 0.666. The number of para-hydroxylation sites is 1. The second-order valence-electron chi connectivity index (χ2n) is 7.03. The number of nitrogens with zero attached hydrogens (tertiary/aromatic N) is 1. The van der Waals surface area contributed by atoms with Gasteiger partial charge < -0.3 is 10.6 Å². The van der Waals surface area contributed by atoms with Gasteiger partial charge in [-0.25, -0.2) is 12.8 Å². The summed E-state index contributed by atoms with van der Waals surface area (Å²) in [5.74, 6) is -1.49. The highest BCUT2D eigenvalue weighted by Crippen LogP contribution is 2.23. The van der Waals surface area contributed by atoms with Gasteiger partial charge in [0.25, 0.3) is 5.91 Å². The van der Waals surface area contributed by atoms with E-state index >= 15 is 0 Å². The van der Waals surface area contributed by atoms with E-state index in [1.807, 2.05) is 13.8 Å². The third kappa shape index (κ3) is 5.79. The average molecular weight is 436 g/mol. The lowest BCUT2D eigenvalue weighted by atomic mass is 10.1. The highest BCUT2D eigenvalue weighted by atomic mass is 32.2. The molecule has 2 N–H and O–H groups in total. The summed E-state index contributed by atoms with van der Waals surface area (Å²) in [5, 5.41) is 5.47. The van der Waals surface area contributed by atoms with E-state index in [2.05, 4.69) is 10.6 Å². The van der Waals surface area contributed by atoms with Gasteiger partial charge in [0.15, 0.2) is 0 Å². The van der Waals surface area contributed by atoms with E-state index in [0.717, 1.165) is 29.1 Å². The van der Waals surface area contributed by atoms with Crippen molar-refractivity contribution in [2.24, 2.45) is 0 Å². The second kappa shape index (κ2) is 9.71. The molecule has 0 aliphatic carbocycles. The summed E-state index contributed by atoms with van der Waals surface area (Å²) >= 11 is 0. The largest absolute Gasteiger partial charge is 0.350 e. The van der Waals surface area contributed by atoms with Gasteiger partial charge in [-0.15, -0.1) is 0 Å². The van der Waals surface area contributed by atoms with Crippen LogP contribution in [0.25, 0.3) is 0 Å². The Bertz CT molecular complexity index is 1010. The van der Waals surface area contributed by atoms with E-state index in [4.69, 9.17) is 0 Å². The van der Waals surface area contributed by atoms with E-state index in [-0.39, 0.29) is 28.9 Å². The van der Waals surface area contributed by atoms with Crippen LogP contribution < -0.4 is 14.9 Å². The van der Waals surface area contributed by atoms with Crippen LogP contribution in [0.1, 0.15) is 37.6 Å². The minimum absolute atomic E-state index is 0.0422. The maximum Gasteiger partial charge on any atom is 0.253 e.